The van der Waals surface area contributed by atoms with Crippen LogP contribution in [0.5, 0.6) is 0 Å². The molecule has 122 valence electrons. The van der Waals surface area contributed by atoms with Crippen LogP contribution in [0.4, 0.5) is 10.9 Å². The predicted molar refractivity (Wildman–Crippen MR) is 90.6 cm³/mol. The Morgan fingerprint density at radius 3 is 3.04 bits per heavy atom. The number of hydrogen-bond acceptors (Lipinski definition) is 7. The monoisotopic (exact) mass is 332 g/mol. The van der Waals surface area contributed by atoms with Crippen LogP contribution in [0.2, 0.25) is 0 Å². The maximum absolute atomic E-state index is 12.8. The van der Waals surface area contributed by atoms with Gasteiger partial charge < -0.3 is 16.2 Å². The summed E-state index contributed by atoms with van der Waals surface area (Å²) in [5, 5.41) is 14.2. The molecule has 2 heterocycles. The zero-order chi connectivity index (χ0) is 16.4. The molecule has 0 aliphatic heterocycles. The summed E-state index contributed by atoms with van der Waals surface area (Å²) in [4.78, 5) is 22.0. The van der Waals surface area contributed by atoms with Crippen LogP contribution in [0.15, 0.2) is 18.3 Å². The first-order chi connectivity index (χ1) is 11.1. The van der Waals surface area contributed by atoms with E-state index in [4.69, 9.17) is 5.73 Å². The highest BCUT2D eigenvalue weighted by atomic mass is 32.1. The summed E-state index contributed by atoms with van der Waals surface area (Å²) in [6, 6.07) is 3.54. The highest BCUT2D eigenvalue weighted by Crippen LogP contribution is 2.38. The molecular weight excluding hydrogens is 312 g/mol. The average molecular weight is 332 g/mol. The predicted octanol–water partition coefficient (Wildman–Crippen LogP) is 2.42. The number of aliphatic hydroxyl groups is 1. The van der Waals surface area contributed by atoms with Gasteiger partial charge in [-0.3, -0.25) is 4.79 Å². The number of thiazole rings is 1. The summed E-state index contributed by atoms with van der Waals surface area (Å²) < 4.78 is 0. The fourth-order valence-electron chi connectivity index (χ4n) is 2.94. The number of pyridine rings is 1. The number of nitrogens with zero attached hydrogens (tertiary/aromatic N) is 2. The number of nitrogens with two attached hydrogens (primary N) is 1. The average Bonchev–Trinajstić information content (AvgIpc) is 2.85. The first-order valence-electron chi connectivity index (χ1n) is 7.77. The summed E-state index contributed by atoms with van der Waals surface area (Å²) in [5.41, 5.74) is 7.10. The van der Waals surface area contributed by atoms with Gasteiger partial charge in [-0.1, -0.05) is 11.3 Å². The first-order valence-corrected chi connectivity index (χ1v) is 8.59. The zero-order valence-corrected chi connectivity index (χ0v) is 13.8. The number of rotatable bonds is 4. The van der Waals surface area contributed by atoms with E-state index in [1.807, 2.05) is 6.92 Å². The van der Waals surface area contributed by atoms with Gasteiger partial charge in [-0.25, -0.2) is 9.97 Å². The number of Topliss-reactive ketones (excluding diaryl/α,β-unsaturated/α-hetero) is 1. The molecule has 2 aromatic rings. The number of nitrogen functional groups attached to an aromatic ring is 1. The molecule has 0 spiro atoms. The van der Waals surface area contributed by atoms with Gasteiger partial charge in [-0.2, -0.15) is 0 Å². The van der Waals surface area contributed by atoms with Gasteiger partial charge in [0, 0.05) is 18.3 Å². The topological polar surface area (TPSA) is 101 Å². The Morgan fingerprint density at radius 1 is 1.52 bits per heavy atom. The van der Waals surface area contributed by atoms with Gasteiger partial charge in [-0.05, 0) is 38.3 Å². The molecule has 3 rings (SSSR count). The molecule has 1 aliphatic rings. The number of aromatic nitrogens is 2. The van der Waals surface area contributed by atoms with Crippen LogP contribution in [0, 0.1) is 5.92 Å². The van der Waals surface area contributed by atoms with Crippen LogP contribution in [0.1, 0.15) is 46.8 Å². The SMILES string of the molecule is CCNc1ccc(C(=O)C2CCCc3nc(N)sc3C2O)cn1. The van der Waals surface area contributed by atoms with Crippen molar-refractivity contribution >= 4 is 28.1 Å². The Morgan fingerprint density at radius 2 is 2.35 bits per heavy atom. The second-order valence-electron chi connectivity index (χ2n) is 5.63. The van der Waals surface area contributed by atoms with E-state index in [-0.39, 0.29) is 5.78 Å². The van der Waals surface area contributed by atoms with Gasteiger partial charge in [0.15, 0.2) is 10.9 Å². The van der Waals surface area contributed by atoms with Crippen LogP contribution in [0.3, 0.4) is 0 Å². The number of anilines is 2. The summed E-state index contributed by atoms with van der Waals surface area (Å²) >= 11 is 1.28. The number of ketones is 1. The summed E-state index contributed by atoms with van der Waals surface area (Å²) in [6.45, 7) is 2.76. The molecule has 0 bridgehead atoms. The Hall–Kier alpha value is -1.99. The summed E-state index contributed by atoms with van der Waals surface area (Å²) in [5.74, 6) is 0.193. The Kier molecular flexibility index (Phi) is 4.58. The maximum atomic E-state index is 12.8. The third kappa shape index (κ3) is 3.20. The van der Waals surface area contributed by atoms with E-state index in [0.29, 0.717) is 17.1 Å². The van der Waals surface area contributed by atoms with Crippen molar-refractivity contribution in [2.45, 2.75) is 32.3 Å². The first kappa shape index (κ1) is 15.9. The van der Waals surface area contributed by atoms with E-state index in [9.17, 15) is 9.90 Å². The fraction of sp³-hybridized carbons (Fsp3) is 0.438. The van der Waals surface area contributed by atoms with Crippen molar-refractivity contribution in [1.29, 1.82) is 0 Å². The molecule has 0 radical (unpaired) electrons. The van der Waals surface area contributed by atoms with Gasteiger partial charge in [-0.15, -0.1) is 0 Å². The molecule has 0 fully saturated rings. The van der Waals surface area contributed by atoms with E-state index in [0.717, 1.165) is 35.8 Å². The quantitative estimate of drug-likeness (QED) is 0.587. The third-order valence-corrected chi connectivity index (χ3v) is 5.06. The fourth-order valence-corrected chi connectivity index (χ4v) is 3.87. The maximum Gasteiger partial charge on any atom is 0.180 e. The van der Waals surface area contributed by atoms with E-state index in [1.54, 1.807) is 18.3 Å². The molecule has 2 unspecified atom stereocenters. The van der Waals surface area contributed by atoms with Crippen LogP contribution in [-0.4, -0.2) is 27.4 Å². The van der Waals surface area contributed by atoms with Gasteiger partial charge >= 0.3 is 0 Å². The van der Waals surface area contributed by atoms with E-state index < -0.39 is 12.0 Å². The lowest BCUT2D eigenvalue weighted by molar-refractivity contribution is 0.0673. The molecule has 0 saturated heterocycles. The lowest BCUT2D eigenvalue weighted by Gasteiger charge is -2.19. The number of nitrogens with one attached hydrogen (secondary N) is 1. The minimum atomic E-state index is -0.844. The molecule has 6 nitrogen and oxygen atoms in total. The van der Waals surface area contributed by atoms with Crippen LogP contribution < -0.4 is 11.1 Å². The van der Waals surface area contributed by atoms with Gasteiger partial charge in [0.05, 0.1) is 16.5 Å². The largest absolute Gasteiger partial charge is 0.387 e. The van der Waals surface area contributed by atoms with Crippen molar-refractivity contribution in [2.75, 3.05) is 17.6 Å². The minimum absolute atomic E-state index is 0.0760. The molecule has 2 aromatic heterocycles. The number of fused-ring (bicyclic) bond motifs is 1. The normalized spacial score (nSPS) is 20.6. The number of aryl methyl sites for hydroxylation is 1. The van der Waals surface area contributed by atoms with Gasteiger partial charge in [0.25, 0.3) is 0 Å². The second-order valence-corrected chi connectivity index (χ2v) is 6.70. The van der Waals surface area contributed by atoms with Gasteiger partial charge in [0.1, 0.15) is 11.9 Å². The smallest absolute Gasteiger partial charge is 0.180 e. The Labute approximate surface area is 138 Å². The van der Waals surface area contributed by atoms with Crippen molar-refractivity contribution < 1.29 is 9.90 Å². The van der Waals surface area contributed by atoms with Crippen molar-refractivity contribution in [3.8, 4) is 0 Å². The molecule has 2 atom stereocenters. The molecule has 23 heavy (non-hydrogen) atoms. The molecule has 0 amide bonds. The van der Waals surface area contributed by atoms with Gasteiger partial charge in [0.2, 0.25) is 0 Å². The van der Waals surface area contributed by atoms with Crippen LogP contribution in [-0.2, 0) is 6.42 Å². The molecular formula is C16H20N4O2S. The number of carbonyl (C=O) groups is 1. The van der Waals surface area contributed by atoms with Crippen molar-refractivity contribution in [3.63, 3.8) is 0 Å². The molecule has 7 heteroatoms. The number of aliphatic hydroxyl groups excluding tert-OH is 1. The highest BCUT2D eigenvalue weighted by Gasteiger charge is 2.34. The van der Waals surface area contributed by atoms with E-state index >= 15 is 0 Å². The third-order valence-electron chi connectivity index (χ3n) is 4.07. The molecule has 0 saturated carbocycles. The van der Waals surface area contributed by atoms with Crippen molar-refractivity contribution in [2.24, 2.45) is 5.92 Å². The second kappa shape index (κ2) is 6.64. The Balaban J connectivity index is 1.83. The number of carbonyl (C=O) groups excluding carboxylic acids is 1. The molecule has 1 aliphatic carbocycles. The van der Waals surface area contributed by atoms with E-state index in [1.165, 1.54) is 11.3 Å². The van der Waals surface area contributed by atoms with Crippen molar-refractivity contribution in [1.82, 2.24) is 9.97 Å². The lowest BCUT2D eigenvalue weighted by atomic mass is 9.90. The van der Waals surface area contributed by atoms with Crippen LogP contribution >= 0.6 is 11.3 Å². The minimum Gasteiger partial charge on any atom is -0.387 e. The van der Waals surface area contributed by atoms with E-state index in [2.05, 4.69) is 15.3 Å². The number of hydrogen-bond donors (Lipinski definition) is 3. The Bertz CT molecular complexity index is 699. The summed E-state index contributed by atoms with van der Waals surface area (Å²) in [6.07, 6.45) is 2.93. The standard InChI is InChI=1S/C16H20N4O2S/c1-2-18-12-7-6-9(8-19-12)13(21)10-4-3-5-11-15(14(10)22)23-16(17)20-11/h6-8,10,14,22H,2-5H2,1H3,(H2,17,20)(H,18,19). The summed E-state index contributed by atoms with van der Waals surface area (Å²) in [7, 11) is 0. The highest BCUT2D eigenvalue weighted by molar-refractivity contribution is 7.15. The lowest BCUT2D eigenvalue weighted by Crippen LogP contribution is -2.21. The van der Waals surface area contributed by atoms with Crippen molar-refractivity contribution in [3.05, 3.63) is 34.5 Å². The molecule has 0 aromatic carbocycles. The van der Waals surface area contributed by atoms with Crippen LogP contribution in [0.25, 0.3) is 0 Å². The molecule has 4 N–H and O–H groups in total. The zero-order valence-electron chi connectivity index (χ0n) is 13.0.